The monoisotopic (exact) mass is 599 g/mol. The SMILES string of the molecule is [2H]c1cc([2H])c(-c2ncnc3c2sc2ccc(-c4c([2H])c([2H])c([2H])c(-c5c([2H])c([2H])c([2H])c([2H])c5[2H])c4[2H])cc23)c([2H])c1-c1c([2H])c([2H])c([2H])c2c1oc1c([2H])c([2H])c([2H])c([2H])c12. The largest absolute Gasteiger partial charge is 0.455 e. The molecular formula is C40H24N2OS. The fourth-order valence-corrected chi connectivity index (χ4v) is 6.17. The van der Waals surface area contributed by atoms with E-state index in [2.05, 4.69) is 9.97 Å². The molecule has 0 atom stereocenters. The molecule has 0 N–H and O–H groups in total. The zero-order chi connectivity index (χ0) is 45.6. The van der Waals surface area contributed by atoms with E-state index in [-0.39, 0.29) is 61.5 Å². The van der Waals surface area contributed by atoms with Crippen molar-refractivity contribution in [1.82, 2.24) is 9.97 Å². The van der Waals surface area contributed by atoms with E-state index in [1.54, 1.807) is 18.2 Å². The molecule has 0 amide bonds. The fourth-order valence-electron chi connectivity index (χ4n) is 5.04. The maximum atomic E-state index is 9.49. The molecule has 0 aliphatic carbocycles. The van der Waals surface area contributed by atoms with Gasteiger partial charge in [-0.25, -0.2) is 9.97 Å². The van der Waals surface area contributed by atoms with Crippen LogP contribution in [-0.2, 0) is 0 Å². The first kappa shape index (κ1) is 12.6. The second-order valence-corrected chi connectivity index (χ2v) is 10.6. The number of hydrogen-bond donors (Lipinski definition) is 0. The van der Waals surface area contributed by atoms with Gasteiger partial charge in [0.1, 0.15) is 17.5 Å². The molecule has 3 heterocycles. The Bertz CT molecular complexity index is 3560. The van der Waals surface area contributed by atoms with Gasteiger partial charge in [0.05, 0.1) is 42.0 Å². The molecule has 44 heavy (non-hydrogen) atoms. The van der Waals surface area contributed by atoms with Crippen LogP contribution < -0.4 is 0 Å². The average molecular weight is 600 g/mol. The van der Waals surface area contributed by atoms with E-state index < -0.39 is 120 Å². The third-order valence-corrected chi connectivity index (χ3v) is 8.19. The second-order valence-electron chi connectivity index (χ2n) is 9.53. The summed E-state index contributed by atoms with van der Waals surface area (Å²) in [6.07, 6.45) is 1.18. The van der Waals surface area contributed by atoms with Crippen LogP contribution in [0.15, 0.2) is 150 Å². The summed E-state index contributed by atoms with van der Waals surface area (Å²) in [4.78, 5) is 8.93. The summed E-state index contributed by atoms with van der Waals surface area (Å²) in [5, 5.41) is 0.0247. The van der Waals surface area contributed by atoms with Gasteiger partial charge < -0.3 is 4.42 Å². The second kappa shape index (κ2) is 10.0. The molecule has 0 spiro atoms. The van der Waals surface area contributed by atoms with Crippen LogP contribution in [0.2, 0.25) is 0 Å². The molecule has 3 nitrogen and oxygen atoms in total. The molecule has 0 bridgehead atoms. The van der Waals surface area contributed by atoms with Crippen LogP contribution in [0, 0.1) is 0 Å². The van der Waals surface area contributed by atoms with Crippen LogP contribution in [0.3, 0.4) is 0 Å². The summed E-state index contributed by atoms with van der Waals surface area (Å²) >= 11 is 1.16. The lowest BCUT2D eigenvalue weighted by Crippen LogP contribution is -1.87. The maximum Gasteiger partial charge on any atom is 0.143 e. The third-order valence-electron chi connectivity index (χ3n) is 7.02. The van der Waals surface area contributed by atoms with Gasteiger partial charge in [0, 0.05) is 32.0 Å². The summed E-state index contributed by atoms with van der Waals surface area (Å²) in [6.45, 7) is 0. The van der Waals surface area contributed by atoms with Crippen molar-refractivity contribution in [1.29, 1.82) is 0 Å². The van der Waals surface area contributed by atoms with Crippen molar-refractivity contribution in [2.45, 2.75) is 0 Å². The molecule has 0 aliphatic heterocycles. The van der Waals surface area contributed by atoms with E-state index in [1.807, 2.05) is 0 Å². The standard InChI is InChI=1S/C40H24N2OS/c1-2-9-25(10-3-1)26-11-6-12-27(21-26)28-19-20-36-34(23-28)38-40(44-36)37(41-24-42-38)30-14-7-13-29(22-30)31-16-8-17-33-32-15-4-5-18-35(32)43-39(31)33/h1-24H/i1D,2D,3D,4D,5D,6D,8D,9D,10D,11D,12D,13D,14D,15D,16D,17D,18D,21D,22D. The maximum absolute atomic E-state index is 9.49. The van der Waals surface area contributed by atoms with Gasteiger partial charge in [-0.3, -0.25) is 0 Å². The molecular weight excluding hydrogens is 557 g/mol. The van der Waals surface area contributed by atoms with Gasteiger partial charge in [-0.15, -0.1) is 11.3 Å². The van der Waals surface area contributed by atoms with Crippen LogP contribution in [-0.4, -0.2) is 9.97 Å². The number of para-hydroxylation sites is 2. The van der Waals surface area contributed by atoms with Crippen molar-refractivity contribution in [2.24, 2.45) is 0 Å². The van der Waals surface area contributed by atoms with Crippen molar-refractivity contribution >= 4 is 53.6 Å². The van der Waals surface area contributed by atoms with E-state index in [0.29, 0.717) is 20.3 Å². The number of rotatable bonds is 4. The molecule has 3 aromatic heterocycles. The van der Waals surface area contributed by atoms with Crippen LogP contribution in [0.1, 0.15) is 26.0 Å². The number of aromatic nitrogens is 2. The zero-order valence-corrected chi connectivity index (χ0v) is 22.9. The Morgan fingerprint density at radius 1 is 0.591 bits per heavy atom. The van der Waals surface area contributed by atoms with Crippen LogP contribution in [0.5, 0.6) is 0 Å². The molecule has 4 heteroatoms. The summed E-state index contributed by atoms with van der Waals surface area (Å²) in [5.41, 5.74) is -1.87. The first-order valence-corrected chi connectivity index (χ1v) is 13.9. The Kier molecular flexibility index (Phi) is 2.86. The van der Waals surface area contributed by atoms with Crippen molar-refractivity contribution in [2.75, 3.05) is 0 Å². The molecule has 0 aliphatic rings. The van der Waals surface area contributed by atoms with Gasteiger partial charge >= 0.3 is 0 Å². The first-order chi connectivity index (χ1) is 29.7. The lowest BCUT2D eigenvalue weighted by Gasteiger charge is -2.07. The minimum atomic E-state index is -0.697. The van der Waals surface area contributed by atoms with Gasteiger partial charge in [-0.05, 0) is 58.1 Å². The Labute approximate surface area is 284 Å². The van der Waals surface area contributed by atoms with Crippen LogP contribution >= 0.6 is 11.3 Å². The molecule has 0 saturated heterocycles. The van der Waals surface area contributed by atoms with Gasteiger partial charge in [0.15, 0.2) is 0 Å². The van der Waals surface area contributed by atoms with E-state index in [9.17, 15) is 1.37 Å². The van der Waals surface area contributed by atoms with Gasteiger partial charge in [0.2, 0.25) is 0 Å². The molecule has 0 radical (unpaired) electrons. The minimum absolute atomic E-state index is 0.0620. The molecule has 9 rings (SSSR count). The molecule has 9 aromatic rings. The normalized spacial score (nSPS) is 17.7. The van der Waals surface area contributed by atoms with E-state index >= 15 is 0 Å². The Morgan fingerprint density at radius 2 is 1.34 bits per heavy atom. The van der Waals surface area contributed by atoms with Gasteiger partial charge in [0.25, 0.3) is 0 Å². The van der Waals surface area contributed by atoms with Crippen molar-refractivity contribution < 1.29 is 30.5 Å². The van der Waals surface area contributed by atoms with Gasteiger partial charge in [-0.1, -0.05) is 109 Å². The van der Waals surface area contributed by atoms with Crippen LogP contribution in [0.4, 0.5) is 0 Å². The van der Waals surface area contributed by atoms with Crippen molar-refractivity contribution in [3.63, 3.8) is 0 Å². The van der Waals surface area contributed by atoms with Gasteiger partial charge in [-0.2, -0.15) is 0 Å². The highest BCUT2D eigenvalue weighted by atomic mass is 32.1. The first-order valence-electron chi connectivity index (χ1n) is 22.6. The average Bonchev–Trinajstić information content (AvgIpc) is 3.84. The third kappa shape index (κ3) is 4.03. The zero-order valence-electron chi connectivity index (χ0n) is 41.1. The van der Waals surface area contributed by atoms with Crippen LogP contribution in [0.25, 0.3) is 86.9 Å². The van der Waals surface area contributed by atoms with E-state index in [0.717, 1.165) is 17.4 Å². The Balaban J connectivity index is 1.28. The summed E-state index contributed by atoms with van der Waals surface area (Å²) < 4.78 is 171. The Morgan fingerprint density at radius 3 is 2.27 bits per heavy atom. The molecule has 0 unspecified atom stereocenters. The number of thiophene rings is 1. The van der Waals surface area contributed by atoms with E-state index in [1.165, 1.54) is 6.33 Å². The van der Waals surface area contributed by atoms with Crippen molar-refractivity contribution in [3.05, 3.63) is 145 Å². The topological polar surface area (TPSA) is 38.9 Å². The molecule has 206 valence electrons. The Hall–Kier alpha value is -5.58. The fraction of sp³-hybridized carbons (Fsp3) is 0. The summed E-state index contributed by atoms with van der Waals surface area (Å²) in [5.74, 6) is 0. The van der Waals surface area contributed by atoms with Crippen molar-refractivity contribution in [3.8, 4) is 44.6 Å². The predicted octanol–water partition coefficient (Wildman–Crippen LogP) is 11.4. The lowest BCUT2D eigenvalue weighted by molar-refractivity contribution is 0.670. The number of hydrogen-bond acceptors (Lipinski definition) is 4. The predicted molar refractivity (Wildman–Crippen MR) is 184 cm³/mol. The lowest BCUT2D eigenvalue weighted by atomic mass is 9.98. The number of nitrogens with zero attached hydrogens (tertiary/aromatic N) is 2. The highest BCUT2D eigenvalue weighted by molar-refractivity contribution is 7.26. The quantitative estimate of drug-likeness (QED) is 0.202. The molecule has 0 fully saturated rings. The number of furan rings is 1. The smallest absolute Gasteiger partial charge is 0.143 e. The van der Waals surface area contributed by atoms with E-state index in [4.69, 9.17) is 29.1 Å². The summed E-state index contributed by atoms with van der Waals surface area (Å²) in [7, 11) is 0. The molecule has 0 saturated carbocycles. The minimum Gasteiger partial charge on any atom is -0.455 e. The number of fused-ring (bicyclic) bond motifs is 6. The highest BCUT2D eigenvalue weighted by Gasteiger charge is 2.16. The summed E-state index contributed by atoms with van der Waals surface area (Å²) in [6, 6.07) is -5.34. The molecule has 6 aromatic carbocycles. The number of benzene rings is 6. The highest BCUT2D eigenvalue weighted by Crippen LogP contribution is 2.41.